The quantitative estimate of drug-likeness (QED) is 0.813. The molecular weight excluding hydrogens is 273 g/mol. The second-order valence-electron chi connectivity index (χ2n) is 4.07. The highest BCUT2D eigenvalue weighted by atomic mass is 79.9. The first-order valence-corrected chi connectivity index (χ1v) is 6.33. The maximum Gasteiger partial charge on any atom is 0.136 e. The number of ether oxygens (including phenoxy) is 1. The molecule has 16 heavy (non-hydrogen) atoms. The minimum Gasteiger partial charge on any atom is -0.491 e. The van der Waals surface area contributed by atoms with Gasteiger partial charge in [-0.1, -0.05) is 0 Å². The van der Waals surface area contributed by atoms with Gasteiger partial charge < -0.3 is 10.1 Å². The van der Waals surface area contributed by atoms with Gasteiger partial charge in [0.1, 0.15) is 18.2 Å². The summed E-state index contributed by atoms with van der Waals surface area (Å²) in [7, 11) is 0. The summed E-state index contributed by atoms with van der Waals surface area (Å²) in [6.07, 6.45) is 2.70. The third kappa shape index (κ3) is 3.76. The molecule has 0 aromatic heterocycles. The third-order valence-corrected chi connectivity index (χ3v) is 3.21. The summed E-state index contributed by atoms with van der Waals surface area (Å²) in [6, 6.07) is 4.45. The van der Waals surface area contributed by atoms with Crippen LogP contribution < -0.4 is 10.1 Å². The highest BCUT2D eigenvalue weighted by molar-refractivity contribution is 9.10. The Morgan fingerprint density at radius 1 is 1.44 bits per heavy atom. The van der Waals surface area contributed by atoms with E-state index in [-0.39, 0.29) is 5.82 Å². The lowest BCUT2D eigenvalue weighted by Crippen LogP contribution is -2.23. The molecule has 1 saturated carbocycles. The minimum absolute atomic E-state index is 0.274. The lowest BCUT2D eigenvalue weighted by Gasteiger charge is -2.08. The molecule has 2 rings (SSSR count). The fraction of sp³-hybridized carbons (Fsp3) is 0.500. The molecule has 0 amide bonds. The smallest absolute Gasteiger partial charge is 0.136 e. The van der Waals surface area contributed by atoms with Crippen molar-refractivity contribution in [2.75, 3.05) is 19.7 Å². The average Bonchev–Trinajstić information content (AvgIpc) is 3.06. The van der Waals surface area contributed by atoms with Gasteiger partial charge in [-0.3, -0.25) is 0 Å². The molecule has 0 aliphatic heterocycles. The Labute approximate surface area is 103 Å². The molecule has 1 N–H and O–H groups in total. The second kappa shape index (κ2) is 5.64. The van der Waals surface area contributed by atoms with Crippen LogP contribution in [0.3, 0.4) is 0 Å². The summed E-state index contributed by atoms with van der Waals surface area (Å²) in [4.78, 5) is 0. The van der Waals surface area contributed by atoms with Gasteiger partial charge in [0.15, 0.2) is 0 Å². The molecule has 1 aromatic carbocycles. The number of benzene rings is 1. The van der Waals surface area contributed by atoms with E-state index in [1.165, 1.54) is 25.0 Å². The zero-order valence-corrected chi connectivity index (χ0v) is 10.6. The van der Waals surface area contributed by atoms with Crippen molar-refractivity contribution in [3.63, 3.8) is 0 Å². The molecule has 1 aromatic rings. The summed E-state index contributed by atoms with van der Waals surface area (Å²) in [5.74, 6) is 1.17. The van der Waals surface area contributed by atoms with E-state index in [4.69, 9.17) is 4.74 Å². The van der Waals surface area contributed by atoms with Gasteiger partial charge in [0.2, 0.25) is 0 Å². The first kappa shape index (κ1) is 11.9. The van der Waals surface area contributed by atoms with Gasteiger partial charge in [0.25, 0.3) is 0 Å². The molecule has 0 heterocycles. The predicted molar refractivity (Wildman–Crippen MR) is 65.2 cm³/mol. The zero-order chi connectivity index (χ0) is 11.4. The van der Waals surface area contributed by atoms with Crippen LogP contribution in [0.2, 0.25) is 0 Å². The van der Waals surface area contributed by atoms with E-state index in [1.54, 1.807) is 6.07 Å². The van der Waals surface area contributed by atoms with E-state index in [2.05, 4.69) is 21.2 Å². The van der Waals surface area contributed by atoms with Gasteiger partial charge in [0, 0.05) is 12.6 Å². The fourth-order valence-electron chi connectivity index (χ4n) is 1.45. The Morgan fingerprint density at radius 3 is 3.00 bits per heavy atom. The molecule has 0 bridgehead atoms. The van der Waals surface area contributed by atoms with Crippen molar-refractivity contribution in [3.8, 4) is 5.75 Å². The minimum atomic E-state index is -0.274. The maximum absolute atomic E-state index is 12.9. The van der Waals surface area contributed by atoms with Crippen LogP contribution in [0.15, 0.2) is 22.7 Å². The van der Waals surface area contributed by atoms with Crippen molar-refractivity contribution in [3.05, 3.63) is 28.5 Å². The van der Waals surface area contributed by atoms with Gasteiger partial charge >= 0.3 is 0 Å². The van der Waals surface area contributed by atoms with Crippen molar-refractivity contribution in [2.24, 2.45) is 5.92 Å². The normalized spacial score (nSPS) is 15.1. The molecule has 1 aliphatic rings. The molecule has 4 heteroatoms. The van der Waals surface area contributed by atoms with Crippen LogP contribution in [0.25, 0.3) is 0 Å². The highest BCUT2D eigenvalue weighted by Gasteiger charge is 2.19. The topological polar surface area (TPSA) is 21.3 Å². The molecule has 1 fully saturated rings. The molecule has 0 radical (unpaired) electrons. The summed E-state index contributed by atoms with van der Waals surface area (Å²) < 4.78 is 19.2. The van der Waals surface area contributed by atoms with E-state index in [0.717, 1.165) is 23.5 Å². The SMILES string of the molecule is Fc1ccc(Br)c(OCCNCC2CC2)c1. The van der Waals surface area contributed by atoms with Gasteiger partial charge in [-0.05, 0) is 53.4 Å². The van der Waals surface area contributed by atoms with E-state index in [9.17, 15) is 4.39 Å². The van der Waals surface area contributed by atoms with E-state index < -0.39 is 0 Å². The van der Waals surface area contributed by atoms with E-state index in [1.807, 2.05) is 0 Å². The average molecular weight is 288 g/mol. The highest BCUT2D eigenvalue weighted by Crippen LogP contribution is 2.27. The second-order valence-corrected chi connectivity index (χ2v) is 4.93. The molecule has 0 unspecified atom stereocenters. The zero-order valence-electron chi connectivity index (χ0n) is 9.01. The molecule has 2 nitrogen and oxygen atoms in total. The Kier molecular flexibility index (Phi) is 4.18. The number of hydrogen-bond acceptors (Lipinski definition) is 2. The van der Waals surface area contributed by atoms with Crippen molar-refractivity contribution in [1.29, 1.82) is 0 Å². The van der Waals surface area contributed by atoms with E-state index >= 15 is 0 Å². The Bertz CT molecular complexity index is 355. The number of nitrogens with one attached hydrogen (secondary N) is 1. The summed E-state index contributed by atoms with van der Waals surface area (Å²) >= 11 is 3.32. The fourth-order valence-corrected chi connectivity index (χ4v) is 1.81. The number of halogens is 2. The Hall–Kier alpha value is -0.610. The summed E-state index contributed by atoms with van der Waals surface area (Å²) in [6.45, 7) is 2.45. The van der Waals surface area contributed by atoms with Crippen molar-refractivity contribution in [2.45, 2.75) is 12.8 Å². The number of hydrogen-bond donors (Lipinski definition) is 1. The predicted octanol–water partition coefficient (Wildman–Crippen LogP) is 2.97. The lowest BCUT2D eigenvalue weighted by atomic mass is 10.3. The molecule has 0 atom stereocenters. The standard InChI is InChI=1S/C12H15BrFNO/c13-11-4-3-10(14)7-12(11)16-6-5-15-8-9-1-2-9/h3-4,7,9,15H,1-2,5-6,8H2. The van der Waals surface area contributed by atoms with Crippen LogP contribution in [0.4, 0.5) is 4.39 Å². The van der Waals surface area contributed by atoms with Crippen LogP contribution in [-0.4, -0.2) is 19.7 Å². The van der Waals surface area contributed by atoms with Crippen molar-refractivity contribution in [1.82, 2.24) is 5.32 Å². The van der Waals surface area contributed by atoms with Crippen LogP contribution in [0.5, 0.6) is 5.75 Å². The van der Waals surface area contributed by atoms with Gasteiger partial charge in [-0.25, -0.2) is 4.39 Å². The number of rotatable bonds is 6. The molecule has 88 valence electrons. The Morgan fingerprint density at radius 2 is 2.25 bits per heavy atom. The monoisotopic (exact) mass is 287 g/mol. The molecular formula is C12H15BrFNO. The van der Waals surface area contributed by atoms with Crippen LogP contribution >= 0.6 is 15.9 Å². The van der Waals surface area contributed by atoms with E-state index in [0.29, 0.717) is 12.4 Å². The first-order valence-electron chi connectivity index (χ1n) is 5.54. The molecule has 0 saturated heterocycles. The Balaban J connectivity index is 1.69. The van der Waals surface area contributed by atoms with Crippen molar-refractivity contribution >= 4 is 15.9 Å². The van der Waals surface area contributed by atoms with Gasteiger partial charge in [-0.2, -0.15) is 0 Å². The maximum atomic E-state index is 12.9. The molecule has 0 spiro atoms. The largest absolute Gasteiger partial charge is 0.491 e. The lowest BCUT2D eigenvalue weighted by molar-refractivity contribution is 0.310. The van der Waals surface area contributed by atoms with Crippen LogP contribution in [0.1, 0.15) is 12.8 Å². The summed E-state index contributed by atoms with van der Waals surface area (Å²) in [5.41, 5.74) is 0. The van der Waals surface area contributed by atoms with Gasteiger partial charge in [0.05, 0.1) is 4.47 Å². The third-order valence-electron chi connectivity index (χ3n) is 2.56. The van der Waals surface area contributed by atoms with Crippen LogP contribution in [0, 0.1) is 11.7 Å². The van der Waals surface area contributed by atoms with Crippen LogP contribution in [-0.2, 0) is 0 Å². The van der Waals surface area contributed by atoms with Crippen molar-refractivity contribution < 1.29 is 9.13 Å². The summed E-state index contributed by atoms with van der Waals surface area (Å²) in [5, 5.41) is 3.32. The van der Waals surface area contributed by atoms with Gasteiger partial charge in [-0.15, -0.1) is 0 Å². The molecule has 1 aliphatic carbocycles. The first-order chi connectivity index (χ1) is 7.75.